The van der Waals surface area contributed by atoms with Crippen molar-refractivity contribution < 1.29 is 4.79 Å². The molecular weight excluding hydrogens is 160 g/mol. The van der Waals surface area contributed by atoms with Crippen LogP contribution in [0.15, 0.2) is 23.8 Å². The van der Waals surface area contributed by atoms with Gasteiger partial charge in [-0.2, -0.15) is 0 Å². The second kappa shape index (κ2) is 3.13. The lowest BCUT2D eigenvalue weighted by Crippen LogP contribution is -2.05. The van der Waals surface area contributed by atoms with Crippen LogP contribution in [-0.4, -0.2) is 5.78 Å². The Kier molecular flexibility index (Phi) is 2.10. The Morgan fingerprint density at radius 2 is 2.08 bits per heavy atom. The van der Waals surface area contributed by atoms with Gasteiger partial charge in [-0.15, -0.1) is 0 Å². The number of allylic oxidation sites excluding steroid dienone is 4. The van der Waals surface area contributed by atoms with Gasteiger partial charge in [-0.05, 0) is 50.0 Å². The number of ketones is 1. The third-order valence-corrected chi connectivity index (χ3v) is 3.35. The maximum atomic E-state index is 11.1. The second-order valence-electron chi connectivity index (χ2n) is 4.35. The highest BCUT2D eigenvalue weighted by Crippen LogP contribution is 2.44. The molecule has 13 heavy (non-hydrogen) atoms. The van der Waals surface area contributed by atoms with Gasteiger partial charge in [0.2, 0.25) is 0 Å². The first-order chi connectivity index (χ1) is 6.16. The predicted octanol–water partition coefficient (Wildman–Crippen LogP) is 2.73. The van der Waals surface area contributed by atoms with E-state index in [1.165, 1.54) is 12.8 Å². The zero-order valence-corrected chi connectivity index (χ0v) is 8.29. The van der Waals surface area contributed by atoms with Crippen molar-refractivity contribution in [2.75, 3.05) is 0 Å². The van der Waals surface area contributed by atoms with Gasteiger partial charge in [0.05, 0.1) is 0 Å². The molecule has 0 aromatic rings. The van der Waals surface area contributed by atoms with Crippen molar-refractivity contribution in [1.29, 1.82) is 0 Å². The summed E-state index contributed by atoms with van der Waals surface area (Å²) in [5.41, 5.74) is 0.936. The fraction of sp³-hybridized carbons (Fsp3) is 0.583. The molecule has 0 aromatic heterocycles. The molecule has 0 N–H and O–H groups in total. The van der Waals surface area contributed by atoms with Crippen molar-refractivity contribution in [2.45, 2.75) is 26.7 Å². The monoisotopic (exact) mass is 176 g/mol. The van der Waals surface area contributed by atoms with Crippen molar-refractivity contribution in [3.05, 3.63) is 23.8 Å². The summed E-state index contributed by atoms with van der Waals surface area (Å²) in [4.78, 5) is 11.1. The van der Waals surface area contributed by atoms with Crippen LogP contribution in [0, 0.1) is 17.8 Å². The van der Waals surface area contributed by atoms with Gasteiger partial charge in [-0.3, -0.25) is 4.79 Å². The maximum Gasteiger partial charge on any atom is 0.155 e. The van der Waals surface area contributed by atoms with Gasteiger partial charge in [0.1, 0.15) is 0 Å². The summed E-state index contributed by atoms with van der Waals surface area (Å²) in [6, 6.07) is 0. The number of fused-ring (bicyclic) bond motifs is 2. The van der Waals surface area contributed by atoms with E-state index in [1.54, 1.807) is 6.92 Å². The first-order valence-corrected chi connectivity index (χ1v) is 5.04. The quantitative estimate of drug-likeness (QED) is 0.467. The van der Waals surface area contributed by atoms with E-state index in [-0.39, 0.29) is 5.78 Å². The molecule has 2 aliphatic rings. The minimum absolute atomic E-state index is 0.215. The van der Waals surface area contributed by atoms with Crippen LogP contribution in [0.2, 0.25) is 0 Å². The maximum absolute atomic E-state index is 11.1. The number of hydrogen-bond donors (Lipinski definition) is 0. The van der Waals surface area contributed by atoms with Gasteiger partial charge < -0.3 is 0 Å². The molecule has 0 radical (unpaired) electrons. The first-order valence-electron chi connectivity index (χ1n) is 5.04. The van der Waals surface area contributed by atoms with Gasteiger partial charge in [0.25, 0.3) is 0 Å². The van der Waals surface area contributed by atoms with Crippen LogP contribution in [0.5, 0.6) is 0 Å². The van der Waals surface area contributed by atoms with E-state index < -0.39 is 0 Å². The highest BCUT2D eigenvalue weighted by Gasteiger charge is 2.34. The summed E-state index contributed by atoms with van der Waals surface area (Å²) in [6.45, 7) is 3.58. The van der Waals surface area contributed by atoms with Crippen molar-refractivity contribution in [3.8, 4) is 0 Å². The minimum atomic E-state index is 0.215. The van der Waals surface area contributed by atoms with E-state index in [1.807, 2.05) is 6.92 Å². The van der Waals surface area contributed by atoms with Crippen LogP contribution in [-0.2, 0) is 4.79 Å². The number of hydrogen-bond acceptors (Lipinski definition) is 1. The fourth-order valence-electron chi connectivity index (χ4n) is 2.45. The third kappa shape index (κ3) is 1.60. The molecule has 0 heterocycles. The smallest absolute Gasteiger partial charge is 0.155 e. The van der Waals surface area contributed by atoms with E-state index in [2.05, 4.69) is 18.2 Å². The van der Waals surface area contributed by atoms with Gasteiger partial charge in [-0.25, -0.2) is 0 Å². The van der Waals surface area contributed by atoms with E-state index >= 15 is 0 Å². The number of carbonyl (C=O) groups is 1. The molecule has 1 saturated carbocycles. The third-order valence-electron chi connectivity index (χ3n) is 3.35. The Hall–Kier alpha value is -0.850. The Balaban J connectivity index is 2.08. The van der Waals surface area contributed by atoms with Gasteiger partial charge in [0, 0.05) is 0 Å². The molecule has 2 bridgehead atoms. The minimum Gasteiger partial charge on any atom is -0.295 e. The molecule has 0 amide bonds. The van der Waals surface area contributed by atoms with Gasteiger partial charge in [-0.1, -0.05) is 18.2 Å². The molecule has 3 atom stereocenters. The summed E-state index contributed by atoms with van der Waals surface area (Å²) < 4.78 is 0. The van der Waals surface area contributed by atoms with E-state index in [4.69, 9.17) is 0 Å². The van der Waals surface area contributed by atoms with Crippen molar-refractivity contribution in [2.24, 2.45) is 17.8 Å². The van der Waals surface area contributed by atoms with Crippen LogP contribution in [0.4, 0.5) is 0 Å². The molecule has 0 aliphatic heterocycles. The van der Waals surface area contributed by atoms with Crippen LogP contribution in [0.3, 0.4) is 0 Å². The summed E-state index contributed by atoms with van der Waals surface area (Å²) in [5.74, 6) is 2.37. The molecule has 0 aromatic carbocycles. The molecule has 1 nitrogen and oxygen atoms in total. The molecular formula is C12H16O. The average molecular weight is 176 g/mol. The van der Waals surface area contributed by atoms with Crippen molar-refractivity contribution in [1.82, 2.24) is 0 Å². The molecule has 2 aliphatic carbocycles. The lowest BCUT2D eigenvalue weighted by molar-refractivity contribution is -0.113. The van der Waals surface area contributed by atoms with Crippen LogP contribution < -0.4 is 0 Å². The second-order valence-corrected chi connectivity index (χ2v) is 4.35. The van der Waals surface area contributed by atoms with Crippen molar-refractivity contribution in [3.63, 3.8) is 0 Å². The normalized spacial score (nSPS) is 37.1. The van der Waals surface area contributed by atoms with E-state index in [9.17, 15) is 4.79 Å². The number of Topliss-reactive ketones (excluding diaryl/α,β-unsaturated/α-hetero) is 1. The lowest BCUT2D eigenvalue weighted by atomic mass is 9.91. The molecule has 0 spiro atoms. The zero-order valence-electron chi connectivity index (χ0n) is 8.29. The molecule has 0 saturated heterocycles. The Morgan fingerprint density at radius 1 is 1.31 bits per heavy atom. The summed E-state index contributed by atoms with van der Waals surface area (Å²) >= 11 is 0. The number of carbonyl (C=O) groups excluding carboxylic acids is 1. The van der Waals surface area contributed by atoms with Gasteiger partial charge >= 0.3 is 0 Å². The number of rotatable bonds is 2. The van der Waals surface area contributed by atoms with E-state index in [0.29, 0.717) is 5.92 Å². The predicted molar refractivity (Wildman–Crippen MR) is 53.3 cm³/mol. The zero-order chi connectivity index (χ0) is 9.42. The largest absolute Gasteiger partial charge is 0.295 e. The topological polar surface area (TPSA) is 17.1 Å². The summed E-state index contributed by atoms with van der Waals surface area (Å²) in [7, 11) is 0. The average Bonchev–Trinajstić information content (AvgIpc) is 2.64. The van der Waals surface area contributed by atoms with Crippen LogP contribution >= 0.6 is 0 Å². The Bertz CT molecular complexity index is 285. The van der Waals surface area contributed by atoms with Crippen molar-refractivity contribution >= 4 is 5.78 Å². The highest BCUT2D eigenvalue weighted by molar-refractivity contribution is 5.92. The SMILES string of the molecule is CC(=O)/C(C)=C/C1CC2C=CC1C2. The molecule has 2 rings (SSSR count). The highest BCUT2D eigenvalue weighted by atomic mass is 16.1. The van der Waals surface area contributed by atoms with Crippen LogP contribution in [0.25, 0.3) is 0 Å². The Morgan fingerprint density at radius 3 is 2.54 bits per heavy atom. The molecule has 70 valence electrons. The molecule has 1 fully saturated rings. The van der Waals surface area contributed by atoms with Crippen LogP contribution in [0.1, 0.15) is 26.7 Å². The first kappa shape index (κ1) is 8.74. The molecule has 1 heteroatoms. The fourth-order valence-corrected chi connectivity index (χ4v) is 2.45. The van der Waals surface area contributed by atoms with Gasteiger partial charge in [0.15, 0.2) is 5.78 Å². The lowest BCUT2D eigenvalue weighted by Gasteiger charge is -2.14. The Labute approximate surface area is 79.5 Å². The van der Waals surface area contributed by atoms with E-state index in [0.717, 1.165) is 17.4 Å². The molecule has 3 unspecified atom stereocenters. The summed E-state index contributed by atoms with van der Waals surface area (Å²) in [5, 5.41) is 0. The standard InChI is InChI=1S/C12H16O/c1-8(9(2)13)5-12-7-10-3-4-11(12)6-10/h3-5,10-12H,6-7H2,1-2H3/b8-5+. The summed E-state index contributed by atoms with van der Waals surface area (Å²) in [6.07, 6.45) is 9.40.